The standard InChI is InChI=1S/C40H63N3O17/c1-2-9-49-11-13-51-15-17-53-19-21-55-23-25-57-27-29-59-30-28-58-26-24-56-22-20-54-18-16-52-14-12-50-10-8-41-36(45)31-60-34-5-3-4-32-37(34)40(48)43(39(32)47)33-6-7-35(44)42-38(33)46/h3-5,33H,2,6-31H2,1H3,(H,41,45)(H,42,44,46). The Kier molecular flexibility index (Phi) is 27.9. The van der Waals surface area contributed by atoms with Crippen LogP contribution in [0.3, 0.4) is 0 Å². The van der Waals surface area contributed by atoms with Crippen molar-refractivity contribution in [3.05, 3.63) is 29.3 Å². The first-order valence-electron chi connectivity index (χ1n) is 20.5. The first-order valence-corrected chi connectivity index (χ1v) is 20.5. The summed E-state index contributed by atoms with van der Waals surface area (Å²) in [7, 11) is 0. The van der Waals surface area contributed by atoms with E-state index in [9.17, 15) is 24.0 Å². The van der Waals surface area contributed by atoms with E-state index < -0.39 is 42.2 Å². The van der Waals surface area contributed by atoms with E-state index in [2.05, 4.69) is 17.6 Å². The van der Waals surface area contributed by atoms with Crippen LogP contribution in [0.5, 0.6) is 5.75 Å². The highest BCUT2D eigenvalue weighted by atomic mass is 16.6. The second-order valence-electron chi connectivity index (χ2n) is 13.0. The van der Waals surface area contributed by atoms with Crippen LogP contribution in [0.1, 0.15) is 46.9 Å². The molecule has 0 bridgehead atoms. The number of carbonyl (C=O) groups is 5. The number of hydrogen-bond donors (Lipinski definition) is 2. The molecule has 2 aliphatic heterocycles. The number of nitrogens with one attached hydrogen (secondary N) is 2. The Morgan fingerprint density at radius 2 is 1.02 bits per heavy atom. The summed E-state index contributed by atoms with van der Waals surface area (Å²) in [5.41, 5.74) is 0.0345. The van der Waals surface area contributed by atoms with E-state index >= 15 is 0 Å². The van der Waals surface area contributed by atoms with Gasteiger partial charge < -0.3 is 62.2 Å². The van der Waals surface area contributed by atoms with Crippen molar-refractivity contribution in [1.82, 2.24) is 15.5 Å². The molecule has 20 heteroatoms. The predicted molar refractivity (Wildman–Crippen MR) is 211 cm³/mol. The van der Waals surface area contributed by atoms with Gasteiger partial charge in [0, 0.05) is 19.6 Å². The quantitative estimate of drug-likeness (QED) is 0.0666. The van der Waals surface area contributed by atoms with Crippen molar-refractivity contribution in [2.24, 2.45) is 0 Å². The summed E-state index contributed by atoms with van der Waals surface area (Å²) in [4.78, 5) is 63.0. The van der Waals surface area contributed by atoms with Crippen LogP contribution in [0.2, 0.25) is 0 Å². The molecule has 3 rings (SSSR count). The number of hydrogen-bond acceptors (Lipinski definition) is 17. The third kappa shape index (κ3) is 21.2. The Hall–Kier alpha value is -3.67. The van der Waals surface area contributed by atoms with Crippen LogP contribution < -0.4 is 15.4 Å². The number of nitrogens with zero attached hydrogens (tertiary/aromatic N) is 1. The van der Waals surface area contributed by atoms with Crippen LogP contribution in [0.15, 0.2) is 18.2 Å². The number of piperidine rings is 1. The Morgan fingerprint density at radius 3 is 1.43 bits per heavy atom. The highest BCUT2D eigenvalue weighted by molar-refractivity contribution is 6.24. The molecule has 5 amide bonds. The SMILES string of the molecule is CCCOCCOCCOCCOCCOCCOCCOCCOCCOCCOCCOCCNC(=O)COc1cccc2c1C(=O)N(C1CCC(=O)NC1=O)C2=O. The first kappa shape index (κ1) is 50.7. The van der Waals surface area contributed by atoms with Crippen molar-refractivity contribution in [3.8, 4) is 5.75 Å². The molecule has 2 aliphatic rings. The van der Waals surface area contributed by atoms with Gasteiger partial charge in [-0.15, -0.1) is 0 Å². The Balaban J connectivity index is 1.00. The maximum absolute atomic E-state index is 13.1. The molecule has 1 aromatic rings. The molecule has 1 unspecified atom stereocenters. The molecule has 60 heavy (non-hydrogen) atoms. The predicted octanol–water partition coefficient (Wildman–Crippen LogP) is 0.175. The second kappa shape index (κ2) is 33.0. The van der Waals surface area contributed by atoms with E-state index in [-0.39, 0.29) is 42.9 Å². The number of imide groups is 2. The first-order chi connectivity index (χ1) is 29.4. The summed E-state index contributed by atoms with van der Waals surface area (Å²) in [6.45, 7) is 12.3. The van der Waals surface area contributed by atoms with Crippen molar-refractivity contribution < 1.29 is 80.8 Å². The lowest BCUT2D eigenvalue weighted by Gasteiger charge is -2.27. The minimum atomic E-state index is -1.10. The van der Waals surface area contributed by atoms with Crippen LogP contribution in [-0.4, -0.2) is 199 Å². The minimum absolute atomic E-state index is 0.0103. The van der Waals surface area contributed by atoms with E-state index in [0.29, 0.717) is 132 Å². The summed E-state index contributed by atoms with van der Waals surface area (Å²) in [5.74, 6) is -2.96. The summed E-state index contributed by atoms with van der Waals surface area (Å²) in [6, 6.07) is 3.33. The Labute approximate surface area is 351 Å². The number of benzene rings is 1. The highest BCUT2D eigenvalue weighted by Gasteiger charge is 2.46. The summed E-state index contributed by atoms with van der Waals surface area (Å²) in [5, 5.41) is 4.80. The molecule has 0 saturated carbocycles. The van der Waals surface area contributed by atoms with Crippen molar-refractivity contribution >= 4 is 29.5 Å². The third-order valence-electron chi connectivity index (χ3n) is 8.43. The van der Waals surface area contributed by atoms with E-state index in [1.54, 1.807) is 0 Å². The van der Waals surface area contributed by atoms with E-state index in [0.717, 1.165) is 17.9 Å². The van der Waals surface area contributed by atoms with Crippen molar-refractivity contribution in [3.63, 3.8) is 0 Å². The Morgan fingerprint density at radius 1 is 0.600 bits per heavy atom. The third-order valence-corrected chi connectivity index (χ3v) is 8.43. The molecule has 1 atom stereocenters. The molecular weight excluding hydrogens is 794 g/mol. The minimum Gasteiger partial charge on any atom is -0.483 e. The zero-order chi connectivity index (χ0) is 42.9. The maximum atomic E-state index is 13.1. The van der Waals surface area contributed by atoms with E-state index in [1.165, 1.54) is 18.2 Å². The average Bonchev–Trinajstić information content (AvgIpc) is 3.50. The summed E-state index contributed by atoms with van der Waals surface area (Å²) < 4.78 is 65.5. The van der Waals surface area contributed by atoms with Crippen LogP contribution in [0, 0.1) is 0 Å². The molecular formula is C40H63N3O17. The van der Waals surface area contributed by atoms with Gasteiger partial charge in [-0.05, 0) is 25.0 Å². The molecule has 2 heterocycles. The van der Waals surface area contributed by atoms with Gasteiger partial charge in [0.25, 0.3) is 17.7 Å². The molecule has 1 saturated heterocycles. The molecule has 1 fully saturated rings. The smallest absolute Gasteiger partial charge is 0.266 e. The zero-order valence-electron chi connectivity index (χ0n) is 34.8. The lowest BCUT2D eigenvalue weighted by molar-refractivity contribution is -0.136. The average molecular weight is 858 g/mol. The van der Waals surface area contributed by atoms with Gasteiger partial charge in [0.1, 0.15) is 11.8 Å². The van der Waals surface area contributed by atoms with E-state index in [1.807, 2.05) is 0 Å². The van der Waals surface area contributed by atoms with E-state index in [4.69, 9.17) is 56.8 Å². The zero-order valence-corrected chi connectivity index (χ0v) is 34.8. The van der Waals surface area contributed by atoms with Crippen LogP contribution in [-0.2, 0) is 66.5 Å². The van der Waals surface area contributed by atoms with Crippen molar-refractivity contribution in [1.29, 1.82) is 0 Å². The fourth-order valence-corrected chi connectivity index (χ4v) is 5.51. The van der Waals surface area contributed by atoms with Crippen molar-refractivity contribution in [2.45, 2.75) is 32.2 Å². The van der Waals surface area contributed by atoms with Gasteiger partial charge in [-0.25, -0.2) is 0 Å². The van der Waals surface area contributed by atoms with Gasteiger partial charge in [0.2, 0.25) is 11.8 Å². The monoisotopic (exact) mass is 857 g/mol. The second-order valence-corrected chi connectivity index (χ2v) is 13.0. The Bertz CT molecular complexity index is 1390. The number of rotatable bonds is 39. The van der Waals surface area contributed by atoms with Gasteiger partial charge in [-0.1, -0.05) is 13.0 Å². The molecule has 1 aromatic carbocycles. The normalized spacial score (nSPS) is 15.2. The molecule has 2 N–H and O–H groups in total. The molecule has 0 spiro atoms. The molecule has 0 aliphatic carbocycles. The molecule has 340 valence electrons. The van der Waals surface area contributed by atoms with Gasteiger partial charge >= 0.3 is 0 Å². The van der Waals surface area contributed by atoms with Gasteiger partial charge in [-0.2, -0.15) is 0 Å². The maximum Gasteiger partial charge on any atom is 0.266 e. The van der Waals surface area contributed by atoms with Crippen LogP contribution >= 0.6 is 0 Å². The van der Waals surface area contributed by atoms with Gasteiger partial charge in [0.05, 0.1) is 150 Å². The van der Waals surface area contributed by atoms with Gasteiger partial charge in [-0.3, -0.25) is 34.2 Å². The highest BCUT2D eigenvalue weighted by Crippen LogP contribution is 2.33. The van der Waals surface area contributed by atoms with Gasteiger partial charge in [0.15, 0.2) is 6.61 Å². The molecule has 0 aromatic heterocycles. The topological polar surface area (TPSA) is 223 Å². The molecule has 0 radical (unpaired) electrons. The number of fused-ring (bicyclic) bond motifs is 1. The number of ether oxygens (including phenoxy) is 12. The summed E-state index contributed by atoms with van der Waals surface area (Å²) >= 11 is 0. The van der Waals surface area contributed by atoms with Crippen LogP contribution in [0.25, 0.3) is 0 Å². The number of carbonyl (C=O) groups excluding carboxylic acids is 5. The largest absolute Gasteiger partial charge is 0.483 e. The lowest BCUT2D eigenvalue weighted by Crippen LogP contribution is -2.54. The molecule has 20 nitrogen and oxygen atoms in total. The summed E-state index contributed by atoms with van der Waals surface area (Å²) in [6.07, 6.45) is 1.06. The fourth-order valence-electron chi connectivity index (χ4n) is 5.51. The van der Waals surface area contributed by atoms with Crippen molar-refractivity contribution in [2.75, 3.05) is 159 Å². The fraction of sp³-hybridized carbons (Fsp3) is 0.725. The lowest BCUT2D eigenvalue weighted by atomic mass is 10.0. The van der Waals surface area contributed by atoms with Crippen LogP contribution in [0.4, 0.5) is 0 Å². The number of amides is 5.